The van der Waals surface area contributed by atoms with E-state index in [0.717, 1.165) is 0 Å². The molecule has 158 valence electrons. The van der Waals surface area contributed by atoms with E-state index < -0.39 is 6.61 Å². The minimum Gasteiger partial charge on any atom is -0.466 e. The molecule has 2 rings (SSSR count). The number of alkyl halides is 2. The lowest BCUT2D eigenvalue weighted by atomic mass is 9.97. The smallest absolute Gasteiger partial charge is 0.387 e. The molecule has 0 aromatic heterocycles. The maximum atomic E-state index is 12.6. The number of esters is 1. The van der Waals surface area contributed by atoms with Gasteiger partial charge in [0, 0.05) is 37.3 Å². The Labute approximate surface area is 185 Å². The van der Waals surface area contributed by atoms with Gasteiger partial charge in [-0.25, -0.2) is 0 Å². The predicted octanol–water partition coefficient (Wildman–Crippen LogP) is 3.91. The Hall–Kier alpha value is -1.36. The Balaban J connectivity index is 0.00000392. The Morgan fingerprint density at radius 1 is 1.39 bits per heavy atom. The molecule has 0 saturated carbocycles. The molecular formula is C18H25ClF2IN3O3. The Morgan fingerprint density at radius 2 is 2.07 bits per heavy atom. The lowest BCUT2D eigenvalue weighted by Gasteiger charge is -2.33. The number of guanidine groups is 1. The van der Waals surface area contributed by atoms with Crippen molar-refractivity contribution in [1.29, 1.82) is 0 Å². The van der Waals surface area contributed by atoms with E-state index in [0.29, 0.717) is 49.1 Å². The number of rotatable bonds is 6. The summed E-state index contributed by atoms with van der Waals surface area (Å²) in [6.07, 6.45) is 1.35. The van der Waals surface area contributed by atoms with Gasteiger partial charge in [0.15, 0.2) is 5.96 Å². The molecule has 0 atom stereocenters. The molecule has 0 bridgehead atoms. The fourth-order valence-corrected chi connectivity index (χ4v) is 3.19. The molecule has 0 aliphatic carbocycles. The molecule has 1 saturated heterocycles. The van der Waals surface area contributed by atoms with Gasteiger partial charge in [-0.3, -0.25) is 9.79 Å². The summed E-state index contributed by atoms with van der Waals surface area (Å²) in [6, 6.07) is 4.49. The summed E-state index contributed by atoms with van der Waals surface area (Å²) in [5.74, 6) is 0.435. The molecule has 0 unspecified atom stereocenters. The van der Waals surface area contributed by atoms with E-state index in [1.807, 2.05) is 4.90 Å². The number of nitrogens with one attached hydrogen (secondary N) is 1. The Morgan fingerprint density at radius 3 is 2.64 bits per heavy atom. The van der Waals surface area contributed by atoms with E-state index >= 15 is 0 Å². The first-order valence-electron chi connectivity index (χ1n) is 8.80. The normalized spacial score (nSPS) is 15.2. The molecule has 0 amide bonds. The van der Waals surface area contributed by atoms with Crippen molar-refractivity contribution in [2.24, 2.45) is 10.9 Å². The highest BCUT2D eigenvalue weighted by molar-refractivity contribution is 14.0. The van der Waals surface area contributed by atoms with Crippen LogP contribution in [0.4, 0.5) is 8.78 Å². The second kappa shape index (κ2) is 12.3. The maximum absolute atomic E-state index is 12.6. The third-order valence-electron chi connectivity index (χ3n) is 4.30. The number of ether oxygens (including phenoxy) is 2. The van der Waals surface area contributed by atoms with Crippen LogP contribution in [0.15, 0.2) is 23.2 Å². The number of carbonyl (C=O) groups excluding carboxylic acids is 1. The SMILES string of the molecule is CCOC(=O)C1CCN(C(=NC)NCc2cc(Cl)ccc2OC(F)F)CC1.I. The molecule has 1 heterocycles. The number of hydrogen-bond acceptors (Lipinski definition) is 4. The van der Waals surface area contributed by atoms with Crippen molar-refractivity contribution >= 4 is 47.5 Å². The van der Waals surface area contributed by atoms with E-state index in [1.54, 1.807) is 20.0 Å². The Kier molecular flexibility index (Phi) is 10.8. The largest absolute Gasteiger partial charge is 0.466 e. The van der Waals surface area contributed by atoms with Crippen molar-refractivity contribution in [3.05, 3.63) is 28.8 Å². The molecule has 0 spiro atoms. The quantitative estimate of drug-likeness (QED) is 0.261. The summed E-state index contributed by atoms with van der Waals surface area (Å²) < 4.78 is 34.7. The summed E-state index contributed by atoms with van der Waals surface area (Å²) >= 11 is 5.97. The minimum atomic E-state index is -2.91. The van der Waals surface area contributed by atoms with Gasteiger partial charge >= 0.3 is 12.6 Å². The molecule has 1 aliphatic rings. The van der Waals surface area contributed by atoms with E-state index in [1.165, 1.54) is 12.1 Å². The van der Waals surface area contributed by atoms with Gasteiger partial charge in [-0.1, -0.05) is 11.6 Å². The number of aliphatic imine (C=N–C) groups is 1. The van der Waals surface area contributed by atoms with Crippen molar-refractivity contribution in [2.75, 3.05) is 26.7 Å². The summed E-state index contributed by atoms with van der Waals surface area (Å²) in [6.45, 7) is 0.794. The van der Waals surface area contributed by atoms with Crippen molar-refractivity contribution in [1.82, 2.24) is 10.2 Å². The third-order valence-corrected chi connectivity index (χ3v) is 4.54. The van der Waals surface area contributed by atoms with Gasteiger partial charge in [0.25, 0.3) is 0 Å². The molecule has 28 heavy (non-hydrogen) atoms. The first-order valence-corrected chi connectivity index (χ1v) is 9.17. The molecule has 1 aliphatic heterocycles. The van der Waals surface area contributed by atoms with Crippen LogP contribution in [0.3, 0.4) is 0 Å². The monoisotopic (exact) mass is 531 g/mol. The minimum absolute atomic E-state index is 0. The van der Waals surface area contributed by atoms with Gasteiger partial charge in [0.2, 0.25) is 0 Å². The molecule has 0 radical (unpaired) electrons. The number of carbonyl (C=O) groups is 1. The highest BCUT2D eigenvalue weighted by Crippen LogP contribution is 2.25. The van der Waals surface area contributed by atoms with Crippen LogP contribution >= 0.6 is 35.6 Å². The molecule has 1 aromatic rings. The van der Waals surface area contributed by atoms with Gasteiger partial charge in [-0.2, -0.15) is 8.78 Å². The van der Waals surface area contributed by atoms with Gasteiger partial charge in [-0.15, -0.1) is 24.0 Å². The summed E-state index contributed by atoms with van der Waals surface area (Å²) in [7, 11) is 1.65. The molecular weight excluding hydrogens is 507 g/mol. The van der Waals surface area contributed by atoms with Crippen LogP contribution in [-0.2, 0) is 16.1 Å². The van der Waals surface area contributed by atoms with E-state index in [-0.39, 0.29) is 48.2 Å². The highest BCUT2D eigenvalue weighted by atomic mass is 127. The second-order valence-electron chi connectivity index (χ2n) is 6.04. The van der Waals surface area contributed by atoms with Crippen LogP contribution in [0.25, 0.3) is 0 Å². The Bertz CT molecular complexity index is 671. The van der Waals surface area contributed by atoms with Gasteiger partial charge in [0.1, 0.15) is 5.75 Å². The lowest BCUT2D eigenvalue weighted by molar-refractivity contribution is -0.149. The molecule has 1 fully saturated rings. The molecule has 1 aromatic carbocycles. The van der Waals surface area contributed by atoms with Crippen molar-refractivity contribution in [3.8, 4) is 5.75 Å². The highest BCUT2D eigenvalue weighted by Gasteiger charge is 2.27. The fourth-order valence-electron chi connectivity index (χ4n) is 2.99. The average molecular weight is 532 g/mol. The maximum Gasteiger partial charge on any atom is 0.387 e. The molecule has 1 N–H and O–H groups in total. The predicted molar refractivity (Wildman–Crippen MR) is 115 cm³/mol. The number of likely N-dealkylation sites (tertiary alicyclic amines) is 1. The van der Waals surface area contributed by atoms with Crippen LogP contribution in [0.1, 0.15) is 25.3 Å². The van der Waals surface area contributed by atoms with E-state index in [9.17, 15) is 13.6 Å². The van der Waals surface area contributed by atoms with E-state index in [4.69, 9.17) is 16.3 Å². The van der Waals surface area contributed by atoms with Crippen LogP contribution in [-0.4, -0.2) is 50.2 Å². The number of halogens is 4. The zero-order valence-corrected chi connectivity index (χ0v) is 18.9. The van der Waals surface area contributed by atoms with Crippen molar-refractivity contribution < 1.29 is 23.0 Å². The first kappa shape index (κ1) is 24.7. The zero-order valence-electron chi connectivity index (χ0n) is 15.8. The van der Waals surface area contributed by atoms with Gasteiger partial charge in [-0.05, 0) is 38.0 Å². The van der Waals surface area contributed by atoms with Crippen LogP contribution in [0.5, 0.6) is 5.75 Å². The van der Waals surface area contributed by atoms with Crippen molar-refractivity contribution in [2.45, 2.75) is 32.9 Å². The standard InChI is InChI=1S/C18H24ClF2N3O3.HI/c1-3-26-16(25)12-6-8-24(9-7-12)18(22-2)23-11-13-10-14(19)4-5-15(13)27-17(20)21;/h4-5,10,12,17H,3,6-9,11H2,1-2H3,(H,22,23);1H. The third kappa shape index (κ3) is 7.23. The molecule has 10 heteroatoms. The van der Waals surface area contributed by atoms with Crippen LogP contribution in [0, 0.1) is 5.92 Å². The fraction of sp³-hybridized carbons (Fsp3) is 0.556. The molecule has 6 nitrogen and oxygen atoms in total. The summed E-state index contributed by atoms with van der Waals surface area (Å²) in [4.78, 5) is 18.1. The van der Waals surface area contributed by atoms with Gasteiger partial charge in [0.05, 0.1) is 12.5 Å². The average Bonchev–Trinajstić information content (AvgIpc) is 2.64. The topological polar surface area (TPSA) is 63.2 Å². The van der Waals surface area contributed by atoms with Gasteiger partial charge < -0.3 is 19.7 Å². The second-order valence-corrected chi connectivity index (χ2v) is 6.48. The van der Waals surface area contributed by atoms with Crippen LogP contribution in [0.2, 0.25) is 5.02 Å². The van der Waals surface area contributed by atoms with E-state index in [2.05, 4.69) is 15.0 Å². The summed E-state index contributed by atoms with van der Waals surface area (Å²) in [5, 5.41) is 3.57. The summed E-state index contributed by atoms with van der Waals surface area (Å²) in [5.41, 5.74) is 0.505. The number of nitrogens with zero attached hydrogens (tertiary/aromatic N) is 2. The van der Waals surface area contributed by atoms with Crippen molar-refractivity contribution in [3.63, 3.8) is 0 Å². The first-order chi connectivity index (χ1) is 12.9. The number of benzene rings is 1. The number of hydrogen-bond donors (Lipinski definition) is 1. The number of piperidine rings is 1. The lowest BCUT2D eigenvalue weighted by Crippen LogP contribution is -2.46. The zero-order chi connectivity index (χ0) is 19.8. The van der Waals surface area contributed by atoms with Crippen LogP contribution < -0.4 is 10.1 Å².